The van der Waals surface area contributed by atoms with Crippen molar-refractivity contribution in [2.45, 2.75) is 26.9 Å². The lowest BCUT2D eigenvalue weighted by molar-refractivity contribution is 0.131. The van der Waals surface area contributed by atoms with Crippen LogP contribution < -0.4 is 0 Å². The van der Waals surface area contributed by atoms with Crippen LogP contribution in [0.1, 0.15) is 34.1 Å². The fourth-order valence-corrected chi connectivity index (χ4v) is 2.91. The normalized spacial score (nSPS) is 12.2. The lowest BCUT2D eigenvalue weighted by Crippen LogP contribution is -2.11. The van der Waals surface area contributed by atoms with Crippen LogP contribution >= 0.6 is 0 Å². The Hall–Kier alpha value is -2.79. The predicted octanol–water partition coefficient (Wildman–Crippen LogP) is 3.91. The fraction of sp³-hybridized carbons (Fsp3) is 0.250. The minimum absolute atomic E-state index is 0.208. The molecule has 0 radical (unpaired) electrons. The molecule has 1 unspecified atom stereocenters. The van der Waals surface area contributed by atoms with E-state index in [1.165, 1.54) is 0 Å². The van der Waals surface area contributed by atoms with Crippen LogP contribution in [0.3, 0.4) is 0 Å². The molecule has 2 heterocycles. The summed E-state index contributed by atoms with van der Waals surface area (Å²) in [6.07, 6.45) is 3.16. The van der Waals surface area contributed by atoms with Gasteiger partial charge in [0.2, 0.25) is 0 Å². The number of aryl methyl sites for hydroxylation is 1. The summed E-state index contributed by atoms with van der Waals surface area (Å²) in [5.74, 6) is 0.208. The summed E-state index contributed by atoms with van der Waals surface area (Å²) in [5.41, 5.74) is 5.99. The number of phenolic OH excluding ortho intramolecular Hbond substituents is 1. The van der Waals surface area contributed by atoms with Crippen molar-refractivity contribution in [3.8, 4) is 17.0 Å². The van der Waals surface area contributed by atoms with Crippen molar-refractivity contribution in [1.82, 2.24) is 15.2 Å². The number of methoxy groups -OCH3 is 1. The van der Waals surface area contributed by atoms with Crippen molar-refractivity contribution in [3.63, 3.8) is 0 Å². The van der Waals surface area contributed by atoms with E-state index in [1.54, 1.807) is 25.6 Å². The molecular weight excluding hydrogens is 314 g/mol. The van der Waals surface area contributed by atoms with Gasteiger partial charge in [-0.15, -0.1) is 5.10 Å². The maximum atomic E-state index is 10.3. The molecule has 1 aromatic carbocycles. The molecule has 0 aliphatic heterocycles. The molecule has 5 nitrogen and oxygen atoms in total. The van der Waals surface area contributed by atoms with Crippen molar-refractivity contribution in [2.24, 2.45) is 0 Å². The lowest BCUT2D eigenvalue weighted by Gasteiger charge is -2.19. The van der Waals surface area contributed by atoms with E-state index in [1.807, 2.05) is 45.0 Å². The predicted molar refractivity (Wildman–Crippen MR) is 96.4 cm³/mol. The molecule has 0 saturated heterocycles. The van der Waals surface area contributed by atoms with Crippen molar-refractivity contribution < 1.29 is 9.84 Å². The van der Waals surface area contributed by atoms with Gasteiger partial charge in [-0.05, 0) is 55.7 Å². The number of rotatable bonds is 4. The summed E-state index contributed by atoms with van der Waals surface area (Å²) < 4.78 is 5.65. The highest BCUT2D eigenvalue weighted by Crippen LogP contribution is 2.34. The lowest BCUT2D eigenvalue weighted by atomic mass is 9.97. The van der Waals surface area contributed by atoms with Crippen molar-refractivity contribution in [1.29, 1.82) is 0 Å². The molecular formula is C20H21N3O2. The van der Waals surface area contributed by atoms with Crippen LogP contribution in [0.25, 0.3) is 11.3 Å². The molecule has 1 atom stereocenters. The van der Waals surface area contributed by atoms with E-state index in [0.29, 0.717) is 11.3 Å². The fourth-order valence-electron chi connectivity index (χ4n) is 2.91. The number of aromatic hydroxyl groups is 1. The summed E-state index contributed by atoms with van der Waals surface area (Å²) in [6.45, 7) is 5.92. The number of benzene rings is 1. The molecule has 0 saturated carbocycles. The van der Waals surface area contributed by atoms with Crippen LogP contribution in [0.2, 0.25) is 0 Å². The van der Waals surface area contributed by atoms with Gasteiger partial charge in [0.1, 0.15) is 11.9 Å². The second kappa shape index (κ2) is 6.99. The van der Waals surface area contributed by atoms with E-state index in [-0.39, 0.29) is 11.9 Å². The summed E-state index contributed by atoms with van der Waals surface area (Å²) in [5, 5.41) is 19.1. The SMILES string of the molecule is COC(c1cccnc1)c1nnc(-c2ccc(C)cc2O)c(C)c1C. The van der Waals surface area contributed by atoms with Crippen LogP contribution in [0.15, 0.2) is 42.7 Å². The Bertz CT molecular complexity index is 895. The number of aromatic nitrogens is 3. The number of hydrogen-bond acceptors (Lipinski definition) is 5. The number of hydrogen-bond donors (Lipinski definition) is 1. The van der Waals surface area contributed by atoms with Crippen LogP contribution in [-0.4, -0.2) is 27.4 Å². The van der Waals surface area contributed by atoms with Gasteiger partial charge >= 0.3 is 0 Å². The highest BCUT2D eigenvalue weighted by atomic mass is 16.5. The third kappa shape index (κ3) is 3.23. The minimum atomic E-state index is -0.333. The monoisotopic (exact) mass is 335 g/mol. The molecule has 1 N–H and O–H groups in total. The number of nitrogens with zero attached hydrogens (tertiary/aromatic N) is 3. The van der Waals surface area contributed by atoms with Gasteiger partial charge in [-0.1, -0.05) is 12.1 Å². The third-order valence-electron chi connectivity index (χ3n) is 4.44. The Kier molecular flexibility index (Phi) is 4.76. The third-order valence-corrected chi connectivity index (χ3v) is 4.44. The first-order valence-corrected chi connectivity index (χ1v) is 8.09. The Morgan fingerprint density at radius 2 is 1.84 bits per heavy atom. The van der Waals surface area contributed by atoms with Crippen LogP contribution in [0, 0.1) is 20.8 Å². The molecule has 0 spiro atoms. The molecule has 0 aliphatic rings. The Morgan fingerprint density at radius 3 is 2.48 bits per heavy atom. The van der Waals surface area contributed by atoms with E-state index in [2.05, 4.69) is 15.2 Å². The van der Waals surface area contributed by atoms with Gasteiger partial charge in [0.25, 0.3) is 0 Å². The minimum Gasteiger partial charge on any atom is -0.507 e. The molecule has 0 bridgehead atoms. The van der Waals surface area contributed by atoms with E-state index in [4.69, 9.17) is 4.74 Å². The molecule has 25 heavy (non-hydrogen) atoms. The standard InChI is InChI=1S/C20H21N3O2/c1-12-7-8-16(17(24)10-12)18-13(2)14(3)19(23-22-18)20(25-4)15-6-5-9-21-11-15/h5-11,20,24H,1-4H3. The molecule has 0 fully saturated rings. The molecule has 2 aromatic heterocycles. The van der Waals surface area contributed by atoms with Gasteiger partial charge < -0.3 is 9.84 Å². The second-order valence-electron chi connectivity index (χ2n) is 6.11. The van der Waals surface area contributed by atoms with Gasteiger partial charge in [-0.3, -0.25) is 4.98 Å². The molecule has 0 amide bonds. The first-order chi connectivity index (χ1) is 12.0. The molecule has 5 heteroatoms. The van der Waals surface area contributed by atoms with Gasteiger partial charge in [0.05, 0.1) is 11.4 Å². The van der Waals surface area contributed by atoms with Crippen molar-refractivity contribution in [3.05, 3.63) is 70.7 Å². The highest BCUT2D eigenvalue weighted by molar-refractivity contribution is 5.70. The quantitative estimate of drug-likeness (QED) is 0.783. The molecule has 3 rings (SSSR count). The average Bonchev–Trinajstić information content (AvgIpc) is 2.61. The summed E-state index contributed by atoms with van der Waals surface area (Å²) in [6, 6.07) is 9.38. The molecule has 128 valence electrons. The van der Waals surface area contributed by atoms with Crippen LogP contribution in [0.5, 0.6) is 5.75 Å². The van der Waals surface area contributed by atoms with Crippen LogP contribution in [0.4, 0.5) is 0 Å². The van der Waals surface area contributed by atoms with Crippen molar-refractivity contribution in [2.75, 3.05) is 7.11 Å². The Labute approximate surface area is 147 Å². The first-order valence-electron chi connectivity index (χ1n) is 8.09. The largest absolute Gasteiger partial charge is 0.507 e. The van der Waals surface area contributed by atoms with Gasteiger partial charge in [0, 0.05) is 30.6 Å². The smallest absolute Gasteiger partial charge is 0.128 e. The Balaban J connectivity index is 2.09. The van der Waals surface area contributed by atoms with E-state index in [9.17, 15) is 5.11 Å². The number of phenols is 1. The Morgan fingerprint density at radius 1 is 1.04 bits per heavy atom. The summed E-state index contributed by atoms with van der Waals surface area (Å²) >= 11 is 0. The van der Waals surface area contributed by atoms with Crippen LogP contribution in [-0.2, 0) is 4.74 Å². The molecule has 0 aliphatic carbocycles. The number of ether oxygens (including phenoxy) is 1. The molecule has 3 aromatic rings. The van der Waals surface area contributed by atoms with E-state index in [0.717, 1.165) is 27.9 Å². The second-order valence-corrected chi connectivity index (χ2v) is 6.11. The zero-order valence-electron chi connectivity index (χ0n) is 14.8. The zero-order chi connectivity index (χ0) is 18.0. The van der Waals surface area contributed by atoms with Gasteiger partial charge in [-0.25, -0.2) is 0 Å². The van der Waals surface area contributed by atoms with Crippen molar-refractivity contribution >= 4 is 0 Å². The maximum absolute atomic E-state index is 10.3. The van der Waals surface area contributed by atoms with E-state index >= 15 is 0 Å². The highest BCUT2D eigenvalue weighted by Gasteiger charge is 2.22. The van der Waals surface area contributed by atoms with Gasteiger partial charge in [0.15, 0.2) is 0 Å². The average molecular weight is 335 g/mol. The summed E-state index contributed by atoms with van der Waals surface area (Å²) in [7, 11) is 1.65. The van der Waals surface area contributed by atoms with Gasteiger partial charge in [-0.2, -0.15) is 5.10 Å². The number of pyridine rings is 1. The summed E-state index contributed by atoms with van der Waals surface area (Å²) in [4.78, 5) is 4.15. The first kappa shape index (κ1) is 17.0. The maximum Gasteiger partial charge on any atom is 0.128 e. The topological polar surface area (TPSA) is 68.1 Å². The zero-order valence-corrected chi connectivity index (χ0v) is 14.8. The van der Waals surface area contributed by atoms with E-state index < -0.39 is 0 Å².